The Bertz CT molecular complexity index is 1100. The zero-order valence-corrected chi connectivity index (χ0v) is 19.2. The predicted molar refractivity (Wildman–Crippen MR) is 126 cm³/mol. The second-order valence-corrected chi connectivity index (χ2v) is 9.73. The third kappa shape index (κ3) is 4.27. The second kappa shape index (κ2) is 9.00. The van der Waals surface area contributed by atoms with E-state index in [9.17, 15) is 9.59 Å². The number of amides is 2. The molecule has 0 spiro atoms. The number of aromatic nitrogens is 1. The topological polar surface area (TPSA) is 56.8 Å². The lowest BCUT2D eigenvalue weighted by Crippen LogP contribution is -2.49. The standard InChI is InChI=1S/C25H28N4O2S/c1-18(30)29-11-10-19-6-2-3-7-20(19)22(29)16-25(31)28-14-12-27(13-15-28)17-24-26-21-8-4-5-9-23(21)32-24/h2-9,22H,10-17H2,1H3. The van der Waals surface area contributed by atoms with Gasteiger partial charge in [-0.15, -0.1) is 11.3 Å². The van der Waals surface area contributed by atoms with Gasteiger partial charge in [0.2, 0.25) is 11.8 Å². The summed E-state index contributed by atoms with van der Waals surface area (Å²) in [6, 6.07) is 16.3. The van der Waals surface area contributed by atoms with E-state index in [-0.39, 0.29) is 17.9 Å². The minimum Gasteiger partial charge on any atom is -0.340 e. The molecule has 0 aliphatic carbocycles. The summed E-state index contributed by atoms with van der Waals surface area (Å²) in [5, 5.41) is 1.13. The van der Waals surface area contributed by atoms with E-state index < -0.39 is 0 Å². The van der Waals surface area contributed by atoms with Gasteiger partial charge in [0, 0.05) is 39.6 Å². The largest absolute Gasteiger partial charge is 0.340 e. The van der Waals surface area contributed by atoms with Crippen LogP contribution in [0.4, 0.5) is 0 Å². The number of carbonyl (C=O) groups is 2. The van der Waals surface area contributed by atoms with Gasteiger partial charge < -0.3 is 9.80 Å². The van der Waals surface area contributed by atoms with E-state index in [1.165, 1.54) is 10.3 Å². The highest BCUT2D eigenvalue weighted by Crippen LogP contribution is 2.33. The smallest absolute Gasteiger partial charge is 0.225 e. The lowest BCUT2D eigenvalue weighted by molar-refractivity contribution is -0.137. The van der Waals surface area contributed by atoms with Crippen molar-refractivity contribution >= 4 is 33.4 Å². The van der Waals surface area contributed by atoms with Gasteiger partial charge in [0.1, 0.15) is 5.01 Å². The summed E-state index contributed by atoms with van der Waals surface area (Å²) in [6.07, 6.45) is 1.21. The molecule has 1 aromatic heterocycles. The summed E-state index contributed by atoms with van der Waals surface area (Å²) in [7, 11) is 0. The Morgan fingerprint density at radius 3 is 2.53 bits per heavy atom. The van der Waals surface area contributed by atoms with Crippen LogP contribution in [0.5, 0.6) is 0 Å². The molecule has 32 heavy (non-hydrogen) atoms. The van der Waals surface area contributed by atoms with Crippen molar-refractivity contribution in [3.05, 3.63) is 64.7 Å². The second-order valence-electron chi connectivity index (χ2n) is 8.61. The molecule has 0 bridgehead atoms. The first kappa shape index (κ1) is 21.1. The Hall–Kier alpha value is -2.77. The van der Waals surface area contributed by atoms with Gasteiger partial charge in [-0.1, -0.05) is 36.4 Å². The number of thiazole rings is 1. The van der Waals surface area contributed by atoms with E-state index in [0.717, 1.165) is 55.2 Å². The van der Waals surface area contributed by atoms with Crippen LogP contribution >= 0.6 is 11.3 Å². The van der Waals surface area contributed by atoms with Crippen molar-refractivity contribution in [3.63, 3.8) is 0 Å². The maximum atomic E-state index is 13.2. The molecule has 6 nitrogen and oxygen atoms in total. The molecule has 1 fully saturated rings. The number of rotatable bonds is 4. The first-order valence-electron chi connectivity index (χ1n) is 11.3. The molecule has 3 aromatic rings. The molecule has 3 heterocycles. The molecular formula is C25H28N4O2S. The summed E-state index contributed by atoms with van der Waals surface area (Å²) < 4.78 is 1.22. The SMILES string of the molecule is CC(=O)N1CCc2ccccc2C1CC(=O)N1CCN(Cc2nc3ccccc3s2)CC1. The molecule has 2 amide bonds. The van der Waals surface area contributed by atoms with Crippen LogP contribution in [0.25, 0.3) is 10.2 Å². The van der Waals surface area contributed by atoms with E-state index in [1.807, 2.05) is 34.1 Å². The van der Waals surface area contributed by atoms with Crippen LogP contribution in [0, 0.1) is 0 Å². The quantitative estimate of drug-likeness (QED) is 0.613. The van der Waals surface area contributed by atoms with E-state index in [0.29, 0.717) is 13.0 Å². The third-order valence-corrected chi connectivity index (χ3v) is 7.63. The number of para-hydroxylation sites is 1. The van der Waals surface area contributed by atoms with Crippen LogP contribution in [0.1, 0.15) is 35.5 Å². The molecule has 2 aliphatic heterocycles. The van der Waals surface area contributed by atoms with Crippen LogP contribution in [0.2, 0.25) is 0 Å². The highest BCUT2D eigenvalue weighted by atomic mass is 32.1. The molecule has 7 heteroatoms. The van der Waals surface area contributed by atoms with Gasteiger partial charge in [-0.3, -0.25) is 14.5 Å². The normalized spacial score (nSPS) is 19.2. The van der Waals surface area contributed by atoms with Crippen LogP contribution in [-0.2, 0) is 22.6 Å². The maximum absolute atomic E-state index is 13.2. The van der Waals surface area contributed by atoms with Crippen molar-refractivity contribution in [2.75, 3.05) is 32.7 Å². The van der Waals surface area contributed by atoms with Gasteiger partial charge in [-0.05, 0) is 29.7 Å². The van der Waals surface area contributed by atoms with Crippen molar-refractivity contribution < 1.29 is 9.59 Å². The number of nitrogens with zero attached hydrogens (tertiary/aromatic N) is 4. The average molecular weight is 449 g/mol. The first-order valence-corrected chi connectivity index (χ1v) is 12.1. The van der Waals surface area contributed by atoms with Crippen LogP contribution in [0.15, 0.2) is 48.5 Å². The lowest BCUT2D eigenvalue weighted by Gasteiger charge is -2.39. The summed E-state index contributed by atoms with van der Waals surface area (Å²) in [6.45, 7) is 6.25. The van der Waals surface area contributed by atoms with Gasteiger partial charge in [0.15, 0.2) is 0 Å². The van der Waals surface area contributed by atoms with Crippen LogP contribution in [0.3, 0.4) is 0 Å². The summed E-state index contributed by atoms with van der Waals surface area (Å²) in [5.41, 5.74) is 3.43. The molecule has 166 valence electrons. The van der Waals surface area contributed by atoms with Crippen molar-refractivity contribution in [2.45, 2.75) is 32.4 Å². The van der Waals surface area contributed by atoms with Crippen LogP contribution in [-0.4, -0.2) is 64.2 Å². The Balaban J connectivity index is 1.21. The molecular weight excluding hydrogens is 420 g/mol. The highest BCUT2D eigenvalue weighted by molar-refractivity contribution is 7.18. The lowest BCUT2D eigenvalue weighted by atomic mass is 9.90. The summed E-state index contributed by atoms with van der Waals surface area (Å²) >= 11 is 1.75. The van der Waals surface area contributed by atoms with E-state index in [2.05, 4.69) is 29.2 Å². The fourth-order valence-corrected chi connectivity index (χ4v) is 5.89. The number of hydrogen-bond acceptors (Lipinski definition) is 5. The molecule has 5 rings (SSSR count). The number of fused-ring (bicyclic) bond motifs is 2. The number of hydrogen-bond donors (Lipinski definition) is 0. The molecule has 0 radical (unpaired) electrons. The Labute approximate surface area is 192 Å². The van der Waals surface area contributed by atoms with Crippen molar-refractivity contribution in [2.24, 2.45) is 0 Å². The maximum Gasteiger partial charge on any atom is 0.225 e. The summed E-state index contributed by atoms with van der Waals surface area (Å²) in [4.78, 5) is 36.4. The zero-order valence-electron chi connectivity index (χ0n) is 18.4. The van der Waals surface area contributed by atoms with Crippen molar-refractivity contribution in [1.29, 1.82) is 0 Å². The highest BCUT2D eigenvalue weighted by Gasteiger charge is 2.32. The Kier molecular flexibility index (Phi) is 5.93. The van der Waals surface area contributed by atoms with E-state index >= 15 is 0 Å². The van der Waals surface area contributed by atoms with Crippen LogP contribution < -0.4 is 0 Å². The molecule has 2 aromatic carbocycles. The number of piperazine rings is 1. The molecule has 0 N–H and O–H groups in total. The molecule has 1 saturated heterocycles. The van der Waals surface area contributed by atoms with Gasteiger partial charge >= 0.3 is 0 Å². The minimum absolute atomic E-state index is 0.0398. The monoisotopic (exact) mass is 448 g/mol. The van der Waals surface area contributed by atoms with Gasteiger partial charge in [-0.2, -0.15) is 0 Å². The third-order valence-electron chi connectivity index (χ3n) is 6.61. The van der Waals surface area contributed by atoms with E-state index in [1.54, 1.807) is 18.3 Å². The number of benzene rings is 2. The van der Waals surface area contributed by atoms with Crippen molar-refractivity contribution in [3.8, 4) is 0 Å². The van der Waals surface area contributed by atoms with Gasteiger partial charge in [0.05, 0.1) is 29.2 Å². The Morgan fingerprint density at radius 2 is 1.75 bits per heavy atom. The van der Waals surface area contributed by atoms with Gasteiger partial charge in [0.25, 0.3) is 0 Å². The fourth-order valence-electron chi connectivity index (χ4n) is 4.88. The minimum atomic E-state index is -0.161. The van der Waals surface area contributed by atoms with Gasteiger partial charge in [-0.25, -0.2) is 4.98 Å². The first-order chi connectivity index (χ1) is 15.6. The molecule has 0 saturated carbocycles. The average Bonchev–Trinajstić information content (AvgIpc) is 3.22. The predicted octanol–water partition coefficient (Wildman–Crippen LogP) is 3.48. The van der Waals surface area contributed by atoms with Crippen molar-refractivity contribution in [1.82, 2.24) is 19.7 Å². The Morgan fingerprint density at radius 1 is 1.00 bits per heavy atom. The molecule has 1 atom stereocenters. The zero-order chi connectivity index (χ0) is 22.1. The van der Waals surface area contributed by atoms with E-state index in [4.69, 9.17) is 4.98 Å². The molecule has 1 unspecified atom stereocenters. The fraction of sp³-hybridized carbons (Fsp3) is 0.400. The summed E-state index contributed by atoms with van der Waals surface area (Å²) in [5.74, 6) is 0.176. The molecule has 2 aliphatic rings. The number of carbonyl (C=O) groups excluding carboxylic acids is 2.